The monoisotopic (exact) mass is 536 g/mol. The van der Waals surface area contributed by atoms with Gasteiger partial charge in [-0.25, -0.2) is 4.39 Å². The third-order valence-electron chi connectivity index (χ3n) is 5.89. The highest BCUT2D eigenvalue weighted by molar-refractivity contribution is 6.30. The minimum absolute atomic E-state index is 0.221. The molecule has 7 nitrogen and oxygen atoms in total. The molecule has 4 rings (SSSR count). The van der Waals surface area contributed by atoms with Crippen molar-refractivity contribution in [3.63, 3.8) is 0 Å². The molecule has 0 saturated carbocycles. The molecule has 1 aliphatic rings. The highest BCUT2D eigenvalue weighted by Crippen LogP contribution is 2.30. The Bertz CT molecular complexity index is 1360. The van der Waals surface area contributed by atoms with Crippen LogP contribution in [0.4, 0.5) is 28.9 Å². The summed E-state index contributed by atoms with van der Waals surface area (Å²) in [5.41, 5.74) is -0.0352. The van der Waals surface area contributed by atoms with Gasteiger partial charge in [-0.05, 0) is 42.5 Å². The molecule has 2 heterocycles. The Kier molecular flexibility index (Phi) is 7.65. The van der Waals surface area contributed by atoms with Gasteiger partial charge in [-0.2, -0.15) is 13.2 Å². The molecule has 1 fully saturated rings. The maximum atomic E-state index is 14.8. The average Bonchev–Trinajstić information content (AvgIpc) is 3.24. The van der Waals surface area contributed by atoms with E-state index in [-0.39, 0.29) is 30.0 Å². The van der Waals surface area contributed by atoms with Crippen molar-refractivity contribution in [3.8, 4) is 5.69 Å². The number of likely N-dealkylation sites (tertiary alicyclic amines) is 1. The van der Waals surface area contributed by atoms with Gasteiger partial charge in [-0.1, -0.05) is 17.7 Å². The van der Waals surface area contributed by atoms with E-state index in [9.17, 15) is 31.9 Å². The fraction of sp³-hybridized carbons (Fsp3) is 0.240. The van der Waals surface area contributed by atoms with Crippen molar-refractivity contribution < 1.29 is 27.2 Å². The highest BCUT2D eigenvalue weighted by atomic mass is 35.5. The van der Waals surface area contributed by atoms with Crippen LogP contribution in [0.5, 0.6) is 0 Å². The van der Waals surface area contributed by atoms with Crippen molar-refractivity contribution in [2.75, 3.05) is 30.3 Å². The average molecular weight is 537 g/mol. The maximum absolute atomic E-state index is 14.8. The zero-order chi connectivity index (χ0) is 26.7. The Labute approximate surface area is 213 Å². The molecule has 12 heteroatoms. The first-order valence-corrected chi connectivity index (χ1v) is 11.5. The topological polar surface area (TPSA) is 83.4 Å². The summed E-state index contributed by atoms with van der Waals surface area (Å²) in [6, 6.07) is 14.2. The molecule has 1 aliphatic heterocycles. The van der Waals surface area contributed by atoms with Crippen LogP contribution in [0.2, 0.25) is 5.02 Å². The van der Waals surface area contributed by atoms with Crippen LogP contribution < -0.4 is 16.2 Å². The molecule has 194 valence electrons. The van der Waals surface area contributed by atoms with Gasteiger partial charge in [0.15, 0.2) is 0 Å². The molecule has 3 aromatic rings. The lowest BCUT2D eigenvalue weighted by Gasteiger charge is -2.18. The van der Waals surface area contributed by atoms with Gasteiger partial charge in [-0.3, -0.25) is 23.9 Å². The minimum atomic E-state index is -4.53. The van der Waals surface area contributed by atoms with Gasteiger partial charge in [-0.15, -0.1) is 0 Å². The van der Waals surface area contributed by atoms with Crippen LogP contribution in [-0.4, -0.2) is 47.1 Å². The van der Waals surface area contributed by atoms with Crippen molar-refractivity contribution in [3.05, 3.63) is 88.1 Å². The van der Waals surface area contributed by atoms with Gasteiger partial charge in [0, 0.05) is 42.1 Å². The summed E-state index contributed by atoms with van der Waals surface area (Å²) in [5, 5.41) is 5.40. The zero-order valence-electron chi connectivity index (χ0n) is 19.1. The number of rotatable bonds is 6. The normalized spacial score (nSPS) is 18.0. The predicted octanol–water partition coefficient (Wildman–Crippen LogP) is 4.32. The molecule has 0 spiro atoms. The maximum Gasteiger partial charge on any atom is 0.401 e. The van der Waals surface area contributed by atoms with Crippen molar-refractivity contribution in [1.82, 2.24) is 9.47 Å². The summed E-state index contributed by atoms with van der Waals surface area (Å²) in [6.45, 7) is -1.95. The Morgan fingerprint density at radius 2 is 1.59 bits per heavy atom. The van der Waals surface area contributed by atoms with Crippen molar-refractivity contribution >= 4 is 34.8 Å². The first-order chi connectivity index (χ1) is 17.5. The molecule has 2 amide bonds. The number of hydrogen-bond acceptors (Lipinski definition) is 4. The van der Waals surface area contributed by atoms with E-state index in [2.05, 4.69) is 10.6 Å². The summed E-state index contributed by atoms with van der Waals surface area (Å²) >= 11 is 5.84. The Balaban J connectivity index is 1.53. The molecule has 0 aliphatic carbocycles. The fourth-order valence-corrected chi connectivity index (χ4v) is 4.31. The summed E-state index contributed by atoms with van der Waals surface area (Å²) < 4.78 is 55.1. The zero-order valence-corrected chi connectivity index (χ0v) is 19.9. The lowest BCUT2D eigenvalue weighted by Crippen LogP contribution is -2.35. The van der Waals surface area contributed by atoms with E-state index in [4.69, 9.17) is 11.6 Å². The van der Waals surface area contributed by atoms with Gasteiger partial charge in [0.2, 0.25) is 11.8 Å². The highest BCUT2D eigenvalue weighted by Gasteiger charge is 2.45. The van der Waals surface area contributed by atoms with Crippen molar-refractivity contribution in [2.24, 2.45) is 11.8 Å². The summed E-state index contributed by atoms with van der Waals surface area (Å²) in [6.07, 6.45) is -3.08. The van der Waals surface area contributed by atoms with Crippen LogP contribution in [0.25, 0.3) is 5.69 Å². The molecule has 1 aromatic heterocycles. The molecule has 2 aromatic carbocycles. The largest absolute Gasteiger partial charge is 0.401 e. The fourth-order valence-electron chi connectivity index (χ4n) is 4.19. The minimum Gasteiger partial charge on any atom is -0.326 e. The summed E-state index contributed by atoms with van der Waals surface area (Å²) in [5.74, 6) is -4.60. The number of benzene rings is 2. The van der Waals surface area contributed by atoms with E-state index in [1.54, 1.807) is 6.07 Å². The van der Waals surface area contributed by atoms with Gasteiger partial charge >= 0.3 is 6.18 Å². The van der Waals surface area contributed by atoms with Gasteiger partial charge < -0.3 is 10.6 Å². The van der Waals surface area contributed by atoms with E-state index < -0.39 is 42.2 Å². The number of hydrogen-bond donors (Lipinski definition) is 2. The lowest BCUT2D eigenvalue weighted by molar-refractivity contribution is -0.144. The first-order valence-electron chi connectivity index (χ1n) is 11.1. The second-order valence-electron chi connectivity index (χ2n) is 8.58. The van der Waals surface area contributed by atoms with E-state index in [0.29, 0.717) is 10.7 Å². The number of anilines is 2. The Morgan fingerprint density at radius 3 is 2.19 bits per heavy atom. The summed E-state index contributed by atoms with van der Waals surface area (Å²) in [4.78, 5) is 39.0. The van der Waals surface area contributed by atoms with E-state index in [1.165, 1.54) is 59.3 Å². The number of aromatic nitrogens is 1. The second-order valence-corrected chi connectivity index (χ2v) is 9.02. The second kappa shape index (κ2) is 10.7. The van der Waals surface area contributed by atoms with Crippen LogP contribution in [0, 0.1) is 17.7 Å². The van der Waals surface area contributed by atoms with Gasteiger partial charge in [0.1, 0.15) is 5.82 Å². The van der Waals surface area contributed by atoms with Crippen LogP contribution in [-0.2, 0) is 9.59 Å². The molecular weight excluding hydrogens is 516 g/mol. The number of carbonyl (C=O) groups excluding carboxylic acids is 2. The third-order valence-corrected chi connectivity index (χ3v) is 6.15. The number of alkyl halides is 3. The van der Waals surface area contributed by atoms with Crippen LogP contribution in [0.1, 0.15) is 0 Å². The molecule has 2 unspecified atom stereocenters. The summed E-state index contributed by atoms with van der Waals surface area (Å²) in [7, 11) is 0. The smallest absolute Gasteiger partial charge is 0.326 e. The third kappa shape index (κ3) is 6.55. The first kappa shape index (κ1) is 26.4. The molecule has 37 heavy (non-hydrogen) atoms. The molecular formula is C25H21ClF4N4O3. The molecule has 2 atom stereocenters. The Morgan fingerprint density at radius 1 is 0.946 bits per heavy atom. The van der Waals surface area contributed by atoms with E-state index in [1.807, 2.05) is 0 Å². The van der Waals surface area contributed by atoms with Gasteiger partial charge in [0.25, 0.3) is 5.56 Å². The van der Waals surface area contributed by atoms with E-state index in [0.717, 1.165) is 11.0 Å². The van der Waals surface area contributed by atoms with Crippen molar-refractivity contribution in [1.29, 1.82) is 0 Å². The SMILES string of the molecule is O=C(Nc1ccc(Cl)cc1)C1CN(CC(F)(F)F)CC1C(=O)Nc1ccc(-n2ccccc2=O)cc1F. The predicted molar refractivity (Wildman–Crippen MR) is 130 cm³/mol. The Hall–Kier alpha value is -3.70. The quantitative estimate of drug-likeness (QED) is 0.460. The molecule has 2 N–H and O–H groups in total. The number of nitrogens with zero attached hydrogens (tertiary/aromatic N) is 2. The number of halogens is 5. The molecule has 0 bridgehead atoms. The number of nitrogens with one attached hydrogen (secondary N) is 2. The number of amides is 2. The molecule has 1 saturated heterocycles. The van der Waals surface area contributed by atoms with Crippen LogP contribution in [0.15, 0.2) is 71.7 Å². The molecule has 0 radical (unpaired) electrons. The number of carbonyl (C=O) groups is 2. The standard InChI is InChI=1S/C25H21ClF4N4O3/c26-15-4-6-16(7-5-15)31-23(36)18-12-33(14-25(28,29)30)13-19(18)24(37)32-21-9-8-17(11-20(21)27)34-10-2-1-3-22(34)35/h1-11,18-19H,12-14H2,(H,31,36)(H,32,37). The lowest BCUT2D eigenvalue weighted by atomic mass is 9.94. The number of pyridine rings is 1. The van der Waals surface area contributed by atoms with Crippen molar-refractivity contribution in [2.45, 2.75) is 6.18 Å². The van der Waals surface area contributed by atoms with E-state index >= 15 is 0 Å². The van der Waals surface area contributed by atoms with Gasteiger partial charge in [0.05, 0.1) is 29.8 Å². The van der Waals surface area contributed by atoms with Crippen LogP contribution in [0.3, 0.4) is 0 Å². The van der Waals surface area contributed by atoms with Crippen LogP contribution >= 0.6 is 11.6 Å².